The molecule has 7 nitrogen and oxygen atoms in total. The number of ether oxygens (including phenoxy) is 1. The normalized spacial score (nSPS) is 11.6. The molecule has 2 N–H and O–H groups in total. The van der Waals surface area contributed by atoms with Crippen molar-refractivity contribution < 1.29 is 22.4 Å². The monoisotopic (exact) mass is 340 g/mol. The number of carbonyl (C=O) groups excluding carboxylic acids is 1. The first-order valence-electron chi connectivity index (χ1n) is 7.12. The highest BCUT2D eigenvalue weighted by molar-refractivity contribution is 7.88. The Morgan fingerprint density at radius 3 is 2.70 bits per heavy atom. The van der Waals surface area contributed by atoms with Crippen molar-refractivity contribution in [3.8, 4) is 5.75 Å². The van der Waals surface area contributed by atoms with Gasteiger partial charge in [0.15, 0.2) is 5.76 Å². The van der Waals surface area contributed by atoms with Gasteiger partial charge in [-0.2, -0.15) is 0 Å². The quantitative estimate of drug-likeness (QED) is 0.743. The van der Waals surface area contributed by atoms with Gasteiger partial charge in [0.2, 0.25) is 10.0 Å². The molecule has 0 unspecified atom stereocenters. The molecule has 0 bridgehead atoms. The number of hydrogen-bond donors (Lipinski definition) is 2. The van der Waals surface area contributed by atoms with Crippen molar-refractivity contribution in [2.75, 3.05) is 26.5 Å². The molecular weight excluding hydrogens is 320 g/mol. The third-order valence-electron chi connectivity index (χ3n) is 3.35. The van der Waals surface area contributed by atoms with Crippen molar-refractivity contribution in [2.45, 2.75) is 13.3 Å². The highest BCUT2D eigenvalue weighted by atomic mass is 32.2. The van der Waals surface area contributed by atoms with Crippen LogP contribution < -0.4 is 14.8 Å². The Balaban J connectivity index is 2.00. The molecule has 23 heavy (non-hydrogen) atoms. The van der Waals surface area contributed by atoms with Crippen LogP contribution >= 0.6 is 0 Å². The van der Waals surface area contributed by atoms with Crippen LogP contribution in [0.4, 0.5) is 0 Å². The zero-order valence-electron chi connectivity index (χ0n) is 13.3. The summed E-state index contributed by atoms with van der Waals surface area (Å²) in [6.45, 7) is 2.43. The number of amides is 1. The minimum absolute atomic E-state index is 0.254. The van der Waals surface area contributed by atoms with Crippen molar-refractivity contribution >= 4 is 26.9 Å². The second-order valence-corrected chi connectivity index (χ2v) is 7.03. The number of methoxy groups -OCH3 is 1. The van der Waals surface area contributed by atoms with Crippen LogP contribution in [0.5, 0.6) is 5.75 Å². The number of fused-ring (bicyclic) bond motifs is 1. The Morgan fingerprint density at radius 1 is 1.30 bits per heavy atom. The van der Waals surface area contributed by atoms with Gasteiger partial charge in [-0.15, -0.1) is 0 Å². The van der Waals surface area contributed by atoms with Crippen LogP contribution in [-0.2, 0) is 10.0 Å². The number of aryl methyl sites for hydroxylation is 1. The molecule has 0 atom stereocenters. The molecule has 8 heteroatoms. The Kier molecular flexibility index (Phi) is 5.27. The number of hydrogen-bond acceptors (Lipinski definition) is 5. The van der Waals surface area contributed by atoms with Crippen LogP contribution in [0, 0.1) is 6.92 Å². The number of rotatable bonds is 7. The van der Waals surface area contributed by atoms with E-state index in [4.69, 9.17) is 9.15 Å². The van der Waals surface area contributed by atoms with Gasteiger partial charge in [-0.1, -0.05) is 0 Å². The van der Waals surface area contributed by atoms with Gasteiger partial charge in [-0.05, 0) is 31.5 Å². The first kappa shape index (κ1) is 17.3. The van der Waals surface area contributed by atoms with E-state index in [0.29, 0.717) is 24.3 Å². The lowest BCUT2D eigenvalue weighted by atomic mass is 10.1. The molecule has 0 fully saturated rings. The highest BCUT2D eigenvalue weighted by Crippen LogP contribution is 2.28. The number of furan rings is 1. The van der Waals surface area contributed by atoms with E-state index in [1.165, 1.54) is 0 Å². The van der Waals surface area contributed by atoms with E-state index in [1.807, 2.05) is 13.0 Å². The largest absolute Gasteiger partial charge is 0.497 e. The number of benzene rings is 1. The van der Waals surface area contributed by atoms with Crippen molar-refractivity contribution in [3.05, 3.63) is 29.5 Å². The first-order valence-corrected chi connectivity index (χ1v) is 9.01. The summed E-state index contributed by atoms with van der Waals surface area (Å²) in [4.78, 5) is 12.2. The van der Waals surface area contributed by atoms with Crippen LogP contribution in [0.2, 0.25) is 0 Å². The summed E-state index contributed by atoms with van der Waals surface area (Å²) in [5, 5.41) is 3.54. The topological polar surface area (TPSA) is 97.6 Å². The maximum atomic E-state index is 12.2. The molecule has 0 saturated carbocycles. The third kappa shape index (κ3) is 4.46. The van der Waals surface area contributed by atoms with Crippen LogP contribution in [0.3, 0.4) is 0 Å². The molecule has 2 aromatic rings. The fourth-order valence-corrected chi connectivity index (χ4v) is 2.69. The van der Waals surface area contributed by atoms with Gasteiger partial charge in [0.25, 0.3) is 5.91 Å². The Labute approximate surface area is 135 Å². The first-order chi connectivity index (χ1) is 10.8. The van der Waals surface area contributed by atoms with Crippen LogP contribution in [0.1, 0.15) is 22.5 Å². The molecule has 0 aliphatic heterocycles. The molecule has 1 heterocycles. The minimum atomic E-state index is -3.20. The number of carbonyl (C=O) groups is 1. The van der Waals surface area contributed by atoms with Gasteiger partial charge in [0, 0.05) is 24.0 Å². The lowest BCUT2D eigenvalue weighted by Crippen LogP contribution is -2.29. The van der Waals surface area contributed by atoms with E-state index < -0.39 is 10.0 Å². The summed E-state index contributed by atoms with van der Waals surface area (Å²) in [5.41, 5.74) is 1.36. The summed E-state index contributed by atoms with van der Waals surface area (Å²) < 4.78 is 35.0. The van der Waals surface area contributed by atoms with Crippen LogP contribution in [0.25, 0.3) is 11.0 Å². The number of sulfonamides is 1. The van der Waals surface area contributed by atoms with Crippen molar-refractivity contribution in [3.63, 3.8) is 0 Å². The standard InChI is InChI=1S/C15H20N2O5S/c1-10-12-9-11(21-2)5-6-13(12)22-14(10)15(18)16-7-4-8-17-23(3,19)20/h5-6,9,17H,4,7-8H2,1-3H3,(H,16,18). The molecular formula is C15H20N2O5S. The van der Waals surface area contributed by atoms with E-state index >= 15 is 0 Å². The molecule has 1 aromatic carbocycles. The molecule has 1 aromatic heterocycles. The summed E-state index contributed by atoms with van der Waals surface area (Å²) in [7, 11) is -1.62. The molecule has 2 rings (SSSR count). The molecule has 0 spiro atoms. The lowest BCUT2D eigenvalue weighted by molar-refractivity contribution is 0.0927. The zero-order valence-corrected chi connectivity index (χ0v) is 14.1. The molecule has 0 radical (unpaired) electrons. The maximum Gasteiger partial charge on any atom is 0.287 e. The average molecular weight is 340 g/mol. The predicted octanol–water partition coefficient (Wildman–Crippen LogP) is 1.42. The van der Waals surface area contributed by atoms with E-state index in [0.717, 1.165) is 17.2 Å². The summed E-state index contributed by atoms with van der Waals surface area (Å²) in [6.07, 6.45) is 1.59. The Bertz CT molecular complexity index is 811. The fraction of sp³-hybridized carbons (Fsp3) is 0.400. The SMILES string of the molecule is COc1ccc2oc(C(=O)NCCCNS(C)(=O)=O)c(C)c2c1. The van der Waals surface area contributed by atoms with E-state index in [1.54, 1.807) is 19.2 Å². The molecule has 1 amide bonds. The Morgan fingerprint density at radius 2 is 2.04 bits per heavy atom. The molecule has 126 valence electrons. The van der Waals surface area contributed by atoms with Crippen molar-refractivity contribution in [1.29, 1.82) is 0 Å². The van der Waals surface area contributed by atoms with Gasteiger partial charge in [0.05, 0.1) is 13.4 Å². The van der Waals surface area contributed by atoms with Gasteiger partial charge in [0.1, 0.15) is 11.3 Å². The van der Waals surface area contributed by atoms with Gasteiger partial charge < -0.3 is 14.5 Å². The van der Waals surface area contributed by atoms with E-state index in [-0.39, 0.29) is 18.2 Å². The fourth-order valence-electron chi connectivity index (χ4n) is 2.17. The van der Waals surface area contributed by atoms with Crippen LogP contribution in [0.15, 0.2) is 22.6 Å². The third-order valence-corrected chi connectivity index (χ3v) is 4.08. The van der Waals surface area contributed by atoms with Crippen LogP contribution in [-0.4, -0.2) is 40.8 Å². The highest BCUT2D eigenvalue weighted by Gasteiger charge is 2.17. The second-order valence-electron chi connectivity index (χ2n) is 5.19. The molecule has 0 aliphatic rings. The van der Waals surface area contributed by atoms with Gasteiger partial charge in [-0.3, -0.25) is 4.79 Å². The van der Waals surface area contributed by atoms with E-state index in [9.17, 15) is 13.2 Å². The Hall–Kier alpha value is -2.06. The van der Waals surface area contributed by atoms with Gasteiger partial charge in [-0.25, -0.2) is 13.1 Å². The predicted molar refractivity (Wildman–Crippen MR) is 87.3 cm³/mol. The van der Waals surface area contributed by atoms with E-state index in [2.05, 4.69) is 10.0 Å². The average Bonchev–Trinajstić information content (AvgIpc) is 2.82. The van der Waals surface area contributed by atoms with Gasteiger partial charge >= 0.3 is 0 Å². The smallest absolute Gasteiger partial charge is 0.287 e. The maximum absolute atomic E-state index is 12.2. The lowest BCUT2D eigenvalue weighted by Gasteiger charge is -2.04. The second kappa shape index (κ2) is 7.01. The van der Waals surface area contributed by atoms with Crippen molar-refractivity contribution in [2.24, 2.45) is 0 Å². The molecule has 0 saturated heterocycles. The summed E-state index contributed by atoms with van der Waals surface area (Å²) in [5.74, 6) is 0.626. The number of nitrogens with one attached hydrogen (secondary N) is 2. The zero-order chi connectivity index (χ0) is 17.0. The molecule has 0 aliphatic carbocycles. The minimum Gasteiger partial charge on any atom is -0.497 e. The van der Waals surface area contributed by atoms with Crippen molar-refractivity contribution in [1.82, 2.24) is 10.0 Å². The summed E-state index contributed by atoms with van der Waals surface area (Å²) in [6, 6.07) is 5.35. The summed E-state index contributed by atoms with van der Waals surface area (Å²) >= 11 is 0.